The highest BCUT2D eigenvalue weighted by atomic mass is 16.6. The molecule has 0 spiro atoms. The SMILES string of the molecule is CCNC(=NCC(=O)N(CC)Cc1ccccc1)N1CCN(C(=O)OCC)CC1. The number of likely N-dealkylation sites (N-methyl/N-ethyl adjacent to an activating group) is 1. The van der Waals surface area contributed by atoms with Crippen LogP contribution in [0, 0.1) is 0 Å². The zero-order valence-electron chi connectivity index (χ0n) is 17.8. The number of ether oxygens (including phenoxy) is 1. The minimum atomic E-state index is -0.274. The van der Waals surface area contributed by atoms with Crippen molar-refractivity contribution in [2.75, 3.05) is 52.4 Å². The van der Waals surface area contributed by atoms with Gasteiger partial charge in [0, 0.05) is 45.8 Å². The van der Waals surface area contributed by atoms with Crippen LogP contribution in [0.5, 0.6) is 0 Å². The fourth-order valence-electron chi connectivity index (χ4n) is 3.16. The highest BCUT2D eigenvalue weighted by Crippen LogP contribution is 2.07. The normalized spacial score (nSPS) is 14.5. The maximum Gasteiger partial charge on any atom is 0.409 e. The summed E-state index contributed by atoms with van der Waals surface area (Å²) in [6.45, 7) is 10.6. The number of hydrogen-bond acceptors (Lipinski definition) is 4. The van der Waals surface area contributed by atoms with Crippen LogP contribution in [0.15, 0.2) is 35.3 Å². The summed E-state index contributed by atoms with van der Waals surface area (Å²) in [5.74, 6) is 0.706. The molecule has 0 aliphatic carbocycles. The Bertz CT molecular complexity index is 672. The van der Waals surface area contributed by atoms with Crippen molar-refractivity contribution in [3.63, 3.8) is 0 Å². The number of nitrogens with zero attached hydrogens (tertiary/aromatic N) is 4. The second-order valence-electron chi connectivity index (χ2n) is 6.74. The molecule has 8 nitrogen and oxygen atoms in total. The average molecular weight is 404 g/mol. The van der Waals surface area contributed by atoms with E-state index in [0.29, 0.717) is 58.4 Å². The van der Waals surface area contributed by atoms with Crippen LogP contribution in [0.25, 0.3) is 0 Å². The summed E-state index contributed by atoms with van der Waals surface area (Å²) in [6, 6.07) is 9.96. The van der Waals surface area contributed by atoms with Crippen LogP contribution in [-0.4, -0.2) is 85.1 Å². The maximum absolute atomic E-state index is 12.7. The van der Waals surface area contributed by atoms with Gasteiger partial charge >= 0.3 is 6.09 Å². The van der Waals surface area contributed by atoms with Crippen molar-refractivity contribution < 1.29 is 14.3 Å². The molecule has 0 aromatic heterocycles. The summed E-state index contributed by atoms with van der Waals surface area (Å²) < 4.78 is 5.06. The lowest BCUT2D eigenvalue weighted by atomic mass is 10.2. The number of hydrogen-bond donors (Lipinski definition) is 1. The van der Waals surface area contributed by atoms with Gasteiger partial charge in [0.2, 0.25) is 5.91 Å². The number of amides is 2. The number of rotatable bonds is 7. The van der Waals surface area contributed by atoms with Crippen molar-refractivity contribution in [2.24, 2.45) is 4.99 Å². The number of carbonyl (C=O) groups is 2. The lowest BCUT2D eigenvalue weighted by molar-refractivity contribution is -0.130. The highest BCUT2D eigenvalue weighted by Gasteiger charge is 2.24. The molecule has 0 atom stereocenters. The van der Waals surface area contributed by atoms with Gasteiger partial charge in [0.1, 0.15) is 6.54 Å². The van der Waals surface area contributed by atoms with Crippen LogP contribution >= 0.6 is 0 Å². The van der Waals surface area contributed by atoms with E-state index < -0.39 is 0 Å². The summed E-state index contributed by atoms with van der Waals surface area (Å²) >= 11 is 0. The molecule has 1 aromatic rings. The van der Waals surface area contributed by atoms with E-state index in [-0.39, 0.29) is 18.5 Å². The molecule has 0 radical (unpaired) electrons. The largest absolute Gasteiger partial charge is 0.450 e. The molecule has 0 unspecified atom stereocenters. The predicted octanol–water partition coefficient (Wildman–Crippen LogP) is 1.77. The Labute approximate surface area is 173 Å². The topological polar surface area (TPSA) is 77.5 Å². The van der Waals surface area contributed by atoms with Gasteiger partial charge < -0.3 is 24.8 Å². The molecule has 1 N–H and O–H groups in total. The van der Waals surface area contributed by atoms with Gasteiger partial charge in [0.25, 0.3) is 0 Å². The summed E-state index contributed by atoms with van der Waals surface area (Å²) in [4.78, 5) is 34.7. The molecule has 1 aromatic carbocycles. The Morgan fingerprint density at radius 3 is 2.31 bits per heavy atom. The van der Waals surface area contributed by atoms with Crippen LogP contribution in [0.1, 0.15) is 26.3 Å². The molecule has 8 heteroatoms. The minimum Gasteiger partial charge on any atom is -0.450 e. The van der Waals surface area contributed by atoms with Crippen molar-refractivity contribution in [3.05, 3.63) is 35.9 Å². The molecular formula is C21H33N5O3. The van der Waals surface area contributed by atoms with Crippen molar-refractivity contribution in [1.29, 1.82) is 0 Å². The van der Waals surface area contributed by atoms with Crippen LogP contribution < -0.4 is 5.32 Å². The van der Waals surface area contributed by atoms with Gasteiger partial charge in [0.05, 0.1) is 6.61 Å². The lowest BCUT2D eigenvalue weighted by Gasteiger charge is -2.36. The Balaban J connectivity index is 1.94. The van der Waals surface area contributed by atoms with Crippen molar-refractivity contribution in [3.8, 4) is 0 Å². The molecule has 1 aliphatic heterocycles. The first-order chi connectivity index (χ1) is 14.1. The summed E-state index contributed by atoms with van der Waals surface area (Å²) in [6.07, 6.45) is -0.274. The van der Waals surface area contributed by atoms with Gasteiger partial charge in [-0.25, -0.2) is 9.79 Å². The van der Waals surface area contributed by atoms with Crippen LogP contribution in [0.2, 0.25) is 0 Å². The molecule has 2 amide bonds. The third kappa shape index (κ3) is 6.96. The minimum absolute atomic E-state index is 0.00286. The average Bonchev–Trinajstić information content (AvgIpc) is 2.75. The molecule has 1 aliphatic rings. The number of piperazine rings is 1. The Hall–Kier alpha value is -2.77. The zero-order valence-corrected chi connectivity index (χ0v) is 17.8. The highest BCUT2D eigenvalue weighted by molar-refractivity contribution is 5.85. The fourth-order valence-corrected chi connectivity index (χ4v) is 3.16. The molecule has 0 saturated carbocycles. The van der Waals surface area contributed by atoms with E-state index >= 15 is 0 Å². The molecule has 29 heavy (non-hydrogen) atoms. The Morgan fingerprint density at radius 2 is 1.72 bits per heavy atom. The first-order valence-electron chi connectivity index (χ1n) is 10.4. The lowest BCUT2D eigenvalue weighted by Crippen LogP contribution is -2.54. The molecule has 2 rings (SSSR count). The standard InChI is InChI=1S/C21H33N5O3/c1-4-22-20(25-12-14-26(15-13-25)21(28)29-6-3)23-16-19(27)24(5-2)17-18-10-8-7-9-11-18/h7-11H,4-6,12-17H2,1-3H3,(H,22,23). The van der Waals surface area contributed by atoms with Crippen molar-refractivity contribution in [1.82, 2.24) is 20.0 Å². The molecule has 1 heterocycles. The summed E-state index contributed by atoms with van der Waals surface area (Å²) in [5, 5.41) is 3.25. The van der Waals surface area contributed by atoms with Crippen LogP contribution in [0.3, 0.4) is 0 Å². The Kier molecular flexibility index (Phi) is 9.27. The fraction of sp³-hybridized carbons (Fsp3) is 0.571. The number of benzene rings is 1. The summed E-state index contributed by atoms with van der Waals surface area (Å²) in [7, 11) is 0. The van der Waals surface area contributed by atoms with Crippen molar-refractivity contribution >= 4 is 18.0 Å². The van der Waals surface area contributed by atoms with Gasteiger partial charge in [-0.15, -0.1) is 0 Å². The van der Waals surface area contributed by atoms with Crippen LogP contribution in [-0.2, 0) is 16.1 Å². The van der Waals surface area contributed by atoms with Gasteiger partial charge in [-0.2, -0.15) is 0 Å². The number of guanidine groups is 1. The predicted molar refractivity (Wildman–Crippen MR) is 114 cm³/mol. The van der Waals surface area contributed by atoms with E-state index in [1.54, 1.807) is 16.7 Å². The molecule has 1 saturated heterocycles. The van der Waals surface area contributed by atoms with E-state index in [2.05, 4.69) is 15.2 Å². The maximum atomic E-state index is 12.7. The number of nitrogens with one attached hydrogen (secondary N) is 1. The molecule has 0 bridgehead atoms. The zero-order chi connectivity index (χ0) is 21.1. The first-order valence-corrected chi connectivity index (χ1v) is 10.4. The van der Waals surface area contributed by atoms with E-state index in [0.717, 1.165) is 5.56 Å². The third-order valence-electron chi connectivity index (χ3n) is 4.75. The van der Waals surface area contributed by atoms with E-state index in [9.17, 15) is 9.59 Å². The second-order valence-corrected chi connectivity index (χ2v) is 6.74. The van der Waals surface area contributed by atoms with E-state index in [1.165, 1.54) is 0 Å². The van der Waals surface area contributed by atoms with Gasteiger partial charge in [-0.05, 0) is 26.3 Å². The third-order valence-corrected chi connectivity index (χ3v) is 4.75. The quantitative estimate of drug-likeness (QED) is 0.555. The molecule has 160 valence electrons. The van der Waals surface area contributed by atoms with E-state index in [1.807, 2.05) is 44.2 Å². The van der Waals surface area contributed by atoms with Crippen LogP contribution in [0.4, 0.5) is 4.79 Å². The Morgan fingerprint density at radius 1 is 1.07 bits per heavy atom. The van der Waals surface area contributed by atoms with E-state index in [4.69, 9.17) is 4.74 Å². The number of carbonyl (C=O) groups excluding carboxylic acids is 2. The molecular weight excluding hydrogens is 370 g/mol. The van der Waals surface area contributed by atoms with Crippen molar-refractivity contribution in [2.45, 2.75) is 27.3 Å². The second kappa shape index (κ2) is 11.9. The number of aliphatic imine (C=N–C) groups is 1. The first kappa shape index (κ1) is 22.5. The van der Waals surface area contributed by atoms with Gasteiger partial charge in [-0.1, -0.05) is 30.3 Å². The van der Waals surface area contributed by atoms with Gasteiger partial charge in [0.15, 0.2) is 5.96 Å². The van der Waals surface area contributed by atoms with Gasteiger partial charge in [-0.3, -0.25) is 4.79 Å². The monoisotopic (exact) mass is 403 g/mol. The smallest absolute Gasteiger partial charge is 0.409 e. The summed E-state index contributed by atoms with van der Waals surface area (Å²) in [5.41, 5.74) is 1.11. The molecule has 1 fully saturated rings.